The maximum atomic E-state index is 12.1. The summed E-state index contributed by atoms with van der Waals surface area (Å²) in [6.07, 6.45) is -0.647. The smallest absolute Gasteiger partial charge is 0.422 e. The van der Waals surface area contributed by atoms with Gasteiger partial charge in [0.05, 0.1) is 0 Å². The molecule has 0 atom stereocenters. The number of nitrogens with zero attached hydrogens (tertiary/aromatic N) is 3. The molecule has 5 nitrogen and oxygen atoms in total. The second kappa shape index (κ2) is 9.14. The van der Waals surface area contributed by atoms with E-state index in [0.29, 0.717) is 6.54 Å². The van der Waals surface area contributed by atoms with Crippen LogP contribution in [0.4, 0.5) is 13.2 Å². The Morgan fingerprint density at radius 1 is 1.39 bits per heavy atom. The number of likely N-dealkylation sites (tertiary alicyclic amines) is 1. The highest BCUT2D eigenvalue weighted by molar-refractivity contribution is 14.0. The first-order chi connectivity index (χ1) is 10.5. The van der Waals surface area contributed by atoms with E-state index < -0.39 is 12.8 Å². The van der Waals surface area contributed by atoms with Crippen molar-refractivity contribution in [3.8, 4) is 5.88 Å². The van der Waals surface area contributed by atoms with Crippen molar-refractivity contribution >= 4 is 29.9 Å². The number of ether oxygens (including phenoxy) is 1. The number of nitrogens with one attached hydrogen (secondary N) is 1. The van der Waals surface area contributed by atoms with Gasteiger partial charge in [0.1, 0.15) is 0 Å². The monoisotopic (exact) mass is 444 g/mol. The summed E-state index contributed by atoms with van der Waals surface area (Å²) in [5.74, 6) is 0.764. The van der Waals surface area contributed by atoms with Crippen molar-refractivity contribution < 1.29 is 17.9 Å². The first-order valence-corrected chi connectivity index (χ1v) is 7.08. The zero-order valence-corrected chi connectivity index (χ0v) is 15.1. The minimum Gasteiger partial charge on any atom is -0.468 e. The second-order valence-corrected chi connectivity index (χ2v) is 5.00. The third-order valence-electron chi connectivity index (χ3n) is 3.25. The number of guanidine groups is 1. The highest BCUT2D eigenvalue weighted by Crippen LogP contribution is 2.17. The molecule has 130 valence electrons. The van der Waals surface area contributed by atoms with Crippen LogP contribution in [-0.4, -0.2) is 48.8 Å². The molecule has 0 spiro atoms. The molecule has 0 aromatic carbocycles. The van der Waals surface area contributed by atoms with Gasteiger partial charge < -0.3 is 15.0 Å². The molecular formula is C14H20F3IN4O. The quantitative estimate of drug-likeness (QED) is 0.441. The van der Waals surface area contributed by atoms with E-state index in [1.807, 2.05) is 0 Å². The van der Waals surface area contributed by atoms with Crippen LogP contribution in [0.15, 0.2) is 23.3 Å². The number of halogens is 4. The van der Waals surface area contributed by atoms with Gasteiger partial charge in [-0.1, -0.05) is 0 Å². The Kier molecular flexibility index (Phi) is 7.86. The molecule has 1 fully saturated rings. The lowest BCUT2D eigenvalue weighted by Gasteiger charge is -2.20. The van der Waals surface area contributed by atoms with E-state index >= 15 is 0 Å². The first kappa shape index (κ1) is 19.8. The molecule has 23 heavy (non-hydrogen) atoms. The van der Waals surface area contributed by atoms with Crippen molar-refractivity contribution in [1.29, 1.82) is 0 Å². The Hall–Kier alpha value is -1.26. The van der Waals surface area contributed by atoms with Gasteiger partial charge in [-0.3, -0.25) is 4.99 Å². The molecule has 1 aliphatic rings. The zero-order chi connectivity index (χ0) is 16.0. The molecular weight excluding hydrogens is 424 g/mol. The van der Waals surface area contributed by atoms with Crippen LogP contribution in [-0.2, 0) is 6.54 Å². The van der Waals surface area contributed by atoms with Gasteiger partial charge in [-0.25, -0.2) is 4.98 Å². The number of alkyl halides is 3. The molecule has 2 rings (SSSR count). The number of hydrogen-bond acceptors (Lipinski definition) is 3. The van der Waals surface area contributed by atoms with Crippen molar-refractivity contribution in [2.45, 2.75) is 25.6 Å². The number of aromatic nitrogens is 1. The summed E-state index contributed by atoms with van der Waals surface area (Å²) in [5.41, 5.74) is 0.785. The van der Waals surface area contributed by atoms with E-state index in [1.165, 1.54) is 12.3 Å². The third kappa shape index (κ3) is 6.80. The fraction of sp³-hybridized carbons (Fsp3) is 0.571. The van der Waals surface area contributed by atoms with Gasteiger partial charge >= 0.3 is 6.18 Å². The molecule has 0 saturated carbocycles. The number of pyridine rings is 1. The Morgan fingerprint density at radius 3 is 2.70 bits per heavy atom. The highest BCUT2D eigenvalue weighted by atomic mass is 127. The van der Waals surface area contributed by atoms with Gasteiger partial charge in [0.2, 0.25) is 5.88 Å². The molecule has 0 aliphatic carbocycles. The largest absolute Gasteiger partial charge is 0.468 e. The normalized spacial score (nSPS) is 15.3. The molecule has 1 aromatic heterocycles. The molecule has 0 radical (unpaired) electrons. The van der Waals surface area contributed by atoms with Gasteiger partial charge in [-0.2, -0.15) is 13.2 Å². The van der Waals surface area contributed by atoms with Crippen molar-refractivity contribution in [1.82, 2.24) is 15.2 Å². The number of hydrogen-bond donors (Lipinski definition) is 1. The molecule has 1 N–H and O–H groups in total. The van der Waals surface area contributed by atoms with Crippen LogP contribution in [0.1, 0.15) is 18.4 Å². The molecule has 9 heteroatoms. The van der Waals surface area contributed by atoms with Crippen molar-refractivity contribution in [2.24, 2.45) is 4.99 Å². The van der Waals surface area contributed by atoms with Gasteiger partial charge in [-0.15, -0.1) is 24.0 Å². The average molecular weight is 444 g/mol. The predicted octanol–water partition coefficient (Wildman–Crippen LogP) is 2.81. The first-order valence-electron chi connectivity index (χ1n) is 7.08. The zero-order valence-electron chi connectivity index (χ0n) is 12.8. The summed E-state index contributed by atoms with van der Waals surface area (Å²) >= 11 is 0. The molecule has 0 unspecified atom stereocenters. The topological polar surface area (TPSA) is 49.8 Å². The van der Waals surface area contributed by atoms with E-state index in [0.717, 1.165) is 37.5 Å². The summed E-state index contributed by atoms with van der Waals surface area (Å²) in [7, 11) is 1.71. The Morgan fingerprint density at radius 2 is 2.09 bits per heavy atom. The molecule has 0 bridgehead atoms. The Balaban J connectivity index is 0.00000264. The maximum absolute atomic E-state index is 12.1. The predicted molar refractivity (Wildman–Crippen MR) is 92.2 cm³/mol. The summed E-state index contributed by atoms with van der Waals surface area (Å²) in [4.78, 5) is 10.1. The van der Waals surface area contributed by atoms with Crippen molar-refractivity contribution in [3.05, 3.63) is 23.9 Å². The van der Waals surface area contributed by atoms with Crippen LogP contribution in [0.2, 0.25) is 0 Å². The van der Waals surface area contributed by atoms with Crippen LogP contribution < -0.4 is 10.1 Å². The summed E-state index contributed by atoms with van der Waals surface area (Å²) < 4.78 is 41.0. The summed E-state index contributed by atoms with van der Waals surface area (Å²) in [6.45, 7) is 1.05. The average Bonchev–Trinajstić information content (AvgIpc) is 3.00. The van der Waals surface area contributed by atoms with Gasteiger partial charge in [-0.05, 0) is 24.5 Å². The van der Waals surface area contributed by atoms with E-state index in [2.05, 4.69) is 24.9 Å². The molecule has 1 aliphatic heterocycles. The van der Waals surface area contributed by atoms with Gasteiger partial charge in [0, 0.05) is 38.9 Å². The number of aliphatic imine (C=N–C) groups is 1. The fourth-order valence-corrected chi connectivity index (χ4v) is 2.24. The Labute approximate surface area is 150 Å². The number of rotatable bonds is 4. The van der Waals surface area contributed by atoms with Crippen molar-refractivity contribution in [3.63, 3.8) is 0 Å². The third-order valence-corrected chi connectivity index (χ3v) is 3.25. The van der Waals surface area contributed by atoms with Crippen LogP contribution in [0, 0.1) is 0 Å². The molecule has 1 aromatic rings. The molecule has 2 heterocycles. The summed E-state index contributed by atoms with van der Waals surface area (Å²) in [5, 5.41) is 3.20. The van der Waals surface area contributed by atoms with Crippen LogP contribution >= 0.6 is 24.0 Å². The lowest BCUT2D eigenvalue weighted by Crippen LogP contribution is -2.39. The van der Waals surface area contributed by atoms with E-state index in [1.54, 1.807) is 13.1 Å². The lowest BCUT2D eigenvalue weighted by atomic mass is 10.2. The van der Waals surface area contributed by atoms with Crippen LogP contribution in [0.25, 0.3) is 0 Å². The highest BCUT2D eigenvalue weighted by Gasteiger charge is 2.28. The molecule has 0 amide bonds. The lowest BCUT2D eigenvalue weighted by molar-refractivity contribution is -0.154. The van der Waals surface area contributed by atoms with Crippen molar-refractivity contribution in [2.75, 3.05) is 26.7 Å². The van der Waals surface area contributed by atoms with E-state index in [-0.39, 0.29) is 29.9 Å². The van der Waals surface area contributed by atoms with Crippen LogP contribution in [0.3, 0.4) is 0 Å². The van der Waals surface area contributed by atoms with E-state index in [4.69, 9.17) is 0 Å². The standard InChI is InChI=1S/C14H19F3N4O.HI/c1-18-13(21-6-2-3-7-21)20-9-11-4-5-19-12(8-11)22-10-14(15,16)17;/h4-5,8H,2-3,6-7,9-10H2,1H3,(H,18,20);1H. The minimum atomic E-state index is -4.37. The maximum Gasteiger partial charge on any atom is 0.422 e. The SMILES string of the molecule is CN=C(NCc1ccnc(OCC(F)(F)F)c1)N1CCCC1.I. The second-order valence-electron chi connectivity index (χ2n) is 5.00. The fourth-order valence-electron chi connectivity index (χ4n) is 2.24. The Bertz CT molecular complexity index is 519. The summed E-state index contributed by atoms with van der Waals surface area (Å²) in [6, 6.07) is 3.22. The van der Waals surface area contributed by atoms with Crippen LogP contribution in [0.5, 0.6) is 5.88 Å². The van der Waals surface area contributed by atoms with Gasteiger partial charge in [0.15, 0.2) is 12.6 Å². The van der Waals surface area contributed by atoms with E-state index in [9.17, 15) is 13.2 Å². The molecule has 1 saturated heterocycles. The van der Waals surface area contributed by atoms with Gasteiger partial charge in [0.25, 0.3) is 0 Å². The minimum absolute atomic E-state index is 0.